The van der Waals surface area contributed by atoms with Gasteiger partial charge in [-0.15, -0.1) is 0 Å². The highest BCUT2D eigenvalue weighted by Gasteiger charge is 2.08. The normalized spacial score (nSPS) is 12.7. The van der Waals surface area contributed by atoms with Crippen LogP contribution < -0.4 is 11.1 Å². The van der Waals surface area contributed by atoms with E-state index in [-0.39, 0.29) is 11.9 Å². The first kappa shape index (κ1) is 19.4. The second kappa shape index (κ2) is 13.4. The van der Waals surface area contributed by atoms with Crippen LogP contribution in [0.2, 0.25) is 0 Å². The molecular weight excluding hydrogens is 248 g/mol. The van der Waals surface area contributed by atoms with Gasteiger partial charge < -0.3 is 11.1 Å². The molecule has 0 aromatic rings. The standard InChI is InChI=1S/C17H36N2O/c1-4-5-6-7-8-9-10-11-12-13-17(20)19-14-16(18)15(2)3/h15-16H,4-14,18H2,1-3H3,(H,19,20). The molecule has 1 atom stereocenters. The lowest BCUT2D eigenvalue weighted by atomic mass is 10.1. The molecule has 3 heteroatoms. The second-order valence-electron chi connectivity index (χ2n) is 6.29. The molecule has 3 N–H and O–H groups in total. The highest BCUT2D eigenvalue weighted by atomic mass is 16.1. The van der Waals surface area contributed by atoms with E-state index in [1.54, 1.807) is 0 Å². The first-order valence-corrected chi connectivity index (χ1v) is 8.60. The van der Waals surface area contributed by atoms with Crippen molar-refractivity contribution in [3.05, 3.63) is 0 Å². The van der Waals surface area contributed by atoms with Gasteiger partial charge in [-0.05, 0) is 12.3 Å². The number of carbonyl (C=O) groups excluding carboxylic acids is 1. The maximum absolute atomic E-state index is 11.6. The van der Waals surface area contributed by atoms with Gasteiger partial charge in [-0.2, -0.15) is 0 Å². The highest BCUT2D eigenvalue weighted by Crippen LogP contribution is 2.10. The summed E-state index contributed by atoms with van der Waals surface area (Å²) >= 11 is 0. The van der Waals surface area contributed by atoms with Crippen LogP contribution in [0, 0.1) is 5.92 Å². The van der Waals surface area contributed by atoms with Crippen molar-refractivity contribution in [1.82, 2.24) is 5.32 Å². The van der Waals surface area contributed by atoms with Crippen molar-refractivity contribution in [1.29, 1.82) is 0 Å². The molecule has 0 heterocycles. The van der Waals surface area contributed by atoms with Gasteiger partial charge in [-0.3, -0.25) is 4.79 Å². The summed E-state index contributed by atoms with van der Waals surface area (Å²) in [6.07, 6.45) is 12.2. The summed E-state index contributed by atoms with van der Waals surface area (Å²) in [7, 11) is 0. The van der Waals surface area contributed by atoms with Crippen molar-refractivity contribution in [3.8, 4) is 0 Å². The maximum atomic E-state index is 11.6. The Hall–Kier alpha value is -0.570. The molecule has 3 nitrogen and oxygen atoms in total. The third-order valence-corrected chi connectivity index (χ3v) is 3.90. The lowest BCUT2D eigenvalue weighted by Crippen LogP contribution is -2.40. The topological polar surface area (TPSA) is 55.1 Å². The van der Waals surface area contributed by atoms with E-state index in [0.717, 1.165) is 6.42 Å². The zero-order chi connectivity index (χ0) is 15.2. The van der Waals surface area contributed by atoms with Crippen LogP contribution in [0.15, 0.2) is 0 Å². The minimum absolute atomic E-state index is 0.0714. The lowest BCUT2D eigenvalue weighted by Gasteiger charge is -2.16. The van der Waals surface area contributed by atoms with Crippen molar-refractivity contribution < 1.29 is 4.79 Å². The first-order chi connectivity index (χ1) is 9.57. The van der Waals surface area contributed by atoms with Gasteiger partial charge in [0.05, 0.1) is 0 Å². The first-order valence-electron chi connectivity index (χ1n) is 8.60. The molecule has 0 aliphatic carbocycles. The minimum atomic E-state index is 0.0714. The molecule has 0 saturated carbocycles. The predicted molar refractivity (Wildman–Crippen MR) is 87.7 cm³/mol. The van der Waals surface area contributed by atoms with Crippen LogP contribution >= 0.6 is 0 Å². The molecular formula is C17H36N2O. The minimum Gasteiger partial charge on any atom is -0.355 e. The average Bonchev–Trinajstić information content (AvgIpc) is 2.42. The highest BCUT2D eigenvalue weighted by molar-refractivity contribution is 5.75. The Bertz CT molecular complexity index is 229. The molecule has 0 bridgehead atoms. The number of nitrogens with one attached hydrogen (secondary N) is 1. The van der Waals surface area contributed by atoms with Crippen LogP contribution in [0.25, 0.3) is 0 Å². The summed E-state index contributed by atoms with van der Waals surface area (Å²) in [4.78, 5) is 11.6. The lowest BCUT2D eigenvalue weighted by molar-refractivity contribution is -0.121. The molecule has 0 aromatic carbocycles. The van der Waals surface area contributed by atoms with Crippen molar-refractivity contribution in [2.75, 3.05) is 6.54 Å². The summed E-state index contributed by atoms with van der Waals surface area (Å²) in [5.74, 6) is 0.576. The Morgan fingerprint density at radius 3 is 1.95 bits per heavy atom. The summed E-state index contributed by atoms with van der Waals surface area (Å²) in [6.45, 7) is 7.02. The van der Waals surface area contributed by atoms with E-state index in [9.17, 15) is 4.79 Å². The molecule has 0 aliphatic rings. The summed E-state index contributed by atoms with van der Waals surface area (Å²) in [6, 6.07) is 0.0714. The third kappa shape index (κ3) is 12.5. The average molecular weight is 284 g/mol. The van der Waals surface area contributed by atoms with E-state index in [1.807, 2.05) is 0 Å². The number of hydrogen-bond acceptors (Lipinski definition) is 2. The smallest absolute Gasteiger partial charge is 0.220 e. The Kier molecular flexibility index (Phi) is 13.0. The summed E-state index contributed by atoms with van der Waals surface area (Å²) in [5, 5.41) is 2.93. The number of amides is 1. The van der Waals surface area contributed by atoms with Crippen LogP contribution in [0.5, 0.6) is 0 Å². The molecule has 0 aliphatic heterocycles. The molecule has 20 heavy (non-hydrogen) atoms. The SMILES string of the molecule is CCCCCCCCCCCC(=O)NCC(N)C(C)C. The molecule has 0 rings (SSSR count). The zero-order valence-corrected chi connectivity index (χ0v) is 13.9. The molecule has 0 radical (unpaired) electrons. The summed E-state index contributed by atoms with van der Waals surface area (Å²) in [5.41, 5.74) is 5.89. The van der Waals surface area contributed by atoms with Crippen molar-refractivity contribution in [2.45, 2.75) is 91.0 Å². The van der Waals surface area contributed by atoms with Gasteiger partial charge in [-0.25, -0.2) is 0 Å². The van der Waals surface area contributed by atoms with Crippen LogP contribution in [0.1, 0.15) is 85.0 Å². The van der Waals surface area contributed by atoms with Gasteiger partial charge in [0.25, 0.3) is 0 Å². The van der Waals surface area contributed by atoms with E-state index in [1.165, 1.54) is 51.4 Å². The van der Waals surface area contributed by atoms with Crippen LogP contribution in [-0.4, -0.2) is 18.5 Å². The Labute approximate surface area is 126 Å². The fourth-order valence-corrected chi connectivity index (χ4v) is 2.15. The van der Waals surface area contributed by atoms with E-state index in [2.05, 4.69) is 26.1 Å². The molecule has 1 amide bonds. The van der Waals surface area contributed by atoms with Gasteiger partial charge in [0.2, 0.25) is 5.91 Å². The Morgan fingerprint density at radius 2 is 1.45 bits per heavy atom. The second-order valence-corrected chi connectivity index (χ2v) is 6.29. The van der Waals surface area contributed by atoms with E-state index in [0.29, 0.717) is 18.9 Å². The molecule has 0 saturated heterocycles. The van der Waals surface area contributed by atoms with Gasteiger partial charge >= 0.3 is 0 Å². The molecule has 120 valence electrons. The van der Waals surface area contributed by atoms with Crippen LogP contribution in [0.3, 0.4) is 0 Å². The Morgan fingerprint density at radius 1 is 0.950 bits per heavy atom. The fraction of sp³-hybridized carbons (Fsp3) is 0.941. The van der Waals surface area contributed by atoms with Gasteiger partial charge in [0, 0.05) is 19.0 Å². The maximum Gasteiger partial charge on any atom is 0.220 e. The largest absolute Gasteiger partial charge is 0.355 e. The molecule has 0 spiro atoms. The predicted octanol–water partition coefficient (Wildman–Crippen LogP) is 4.01. The molecule has 0 aromatic heterocycles. The van der Waals surface area contributed by atoms with E-state index >= 15 is 0 Å². The quantitative estimate of drug-likeness (QED) is 0.502. The van der Waals surface area contributed by atoms with E-state index in [4.69, 9.17) is 5.73 Å². The number of rotatable bonds is 13. The van der Waals surface area contributed by atoms with Crippen molar-refractivity contribution in [3.63, 3.8) is 0 Å². The molecule has 1 unspecified atom stereocenters. The number of carbonyl (C=O) groups is 1. The monoisotopic (exact) mass is 284 g/mol. The van der Waals surface area contributed by atoms with Gasteiger partial charge in [0.1, 0.15) is 0 Å². The third-order valence-electron chi connectivity index (χ3n) is 3.90. The van der Waals surface area contributed by atoms with Gasteiger partial charge in [0.15, 0.2) is 0 Å². The Balaban J connectivity index is 3.27. The van der Waals surface area contributed by atoms with Gasteiger partial charge in [-0.1, -0.05) is 72.1 Å². The fourth-order valence-electron chi connectivity index (χ4n) is 2.15. The van der Waals surface area contributed by atoms with Crippen molar-refractivity contribution >= 4 is 5.91 Å². The van der Waals surface area contributed by atoms with Crippen molar-refractivity contribution in [2.24, 2.45) is 11.7 Å². The molecule has 0 fully saturated rings. The van der Waals surface area contributed by atoms with Crippen LogP contribution in [0.4, 0.5) is 0 Å². The number of unbranched alkanes of at least 4 members (excludes halogenated alkanes) is 8. The number of nitrogens with two attached hydrogens (primary N) is 1. The summed E-state index contributed by atoms with van der Waals surface area (Å²) < 4.78 is 0. The van der Waals surface area contributed by atoms with E-state index < -0.39 is 0 Å². The zero-order valence-electron chi connectivity index (χ0n) is 13.9. The van der Waals surface area contributed by atoms with Crippen LogP contribution in [-0.2, 0) is 4.79 Å². The number of hydrogen-bond donors (Lipinski definition) is 2.